The van der Waals surface area contributed by atoms with Crippen LogP contribution in [-0.4, -0.2) is 20.9 Å². The van der Waals surface area contributed by atoms with Crippen molar-refractivity contribution in [3.63, 3.8) is 0 Å². The number of aromatic nitrogens is 2. The zero-order chi connectivity index (χ0) is 12.3. The molecule has 5 heteroatoms. The van der Waals surface area contributed by atoms with Crippen LogP contribution in [-0.2, 0) is 0 Å². The maximum atomic E-state index is 11.9. The van der Waals surface area contributed by atoms with Gasteiger partial charge in [0.1, 0.15) is 5.82 Å². The molecule has 0 fully saturated rings. The van der Waals surface area contributed by atoms with Crippen molar-refractivity contribution < 1.29 is 4.79 Å². The normalized spacial score (nSPS) is 10.5. The molecular weight excluding hydrogens is 252 g/mol. The summed E-state index contributed by atoms with van der Waals surface area (Å²) in [4.78, 5) is 16.1. The molecule has 0 amide bonds. The fraction of sp³-hybridized carbons (Fsp3) is 0.250. The Morgan fingerprint density at radius 1 is 1.41 bits per heavy atom. The van der Waals surface area contributed by atoms with Crippen LogP contribution < -0.4 is 0 Å². The van der Waals surface area contributed by atoms with E-state index in [9.17, 15) is 4.79 Å². The van der Waals surface area contributed by atoms with Crippen LogP contribution in [0.1, 0.15) is 21.7 Å². The largest absolute Gasteiger partial charge is 0.293 e. The fourth-order valence-corrected chi connectivity index (χ4v) is 2.91. The number of hydrogen-bond acceptors (Lipinski definition) is 5. The SMILES string of the molecule is Cc1cccc(C(=O)CSc2nc(C)ns2)c1. The van der Waals surface area contributed by atoms with Gasteiger partial charge in [0.2, 0.25) is 0 Å². The summed E-state index contributed by atoms with van der Waals surface area (Å²) in [5, 5.41) is 0. The minimum atomic E-state index is 0.131. The summed E-state index contributed by atoms with van der Waals surface area (Å²) in [6, 6.07) is 7.65. The lowest BCUT2D eigenvalue weighted by Crippen LogP contribution is -2.02. The van der Waals surface area contributed by atoms with Gasteiger partial charge in [0.25, 0.3) is 0 Å². The number of carbonyl (C=O) groups excluding carboxylic acids is 1. The van der Waals surface area contributed by atoms with Crippen molar-refractivity contribution in [3.05, 3.63) is 41.2 Å². The zero-order valence-electron chi connectivity index (χ0n) is 9.64. The van der Waals surface area contributed by atoms with Crippen molar-refractivity contribution in [3.8, 4) is 0 Å². The maximum Gasteiger partial charge on any atom is 0.173 e. The molecule has 0 unspecified atom stereocenters. The molecule has 2 rings (SSSR count). The molecule has 88 valence electrons. The minimum Gasteiger partial charge on any atom is -0.293 e. The highest BCUT2D eigenvalue weighted by Crippen LogP contribution is 2.21. The molecule has 0 radical (unpaired) electrons. The van der Waals surface area contributed by atoms with Crippen LogP contribution in [0.4, 0.5) is 0 Å². The van der Waals surface area contributed by atoms with Gasteiger partial charge in [-0.3, -0.25) is 4.79 Å². The Kier molecular flexibility index (Phi) is 3.91. The topological polar surface area (TPSA) is 42.9 Å². The van der Waals surface area contributed by atoms with Crippen LogP contribution >= 0.6 is 23.3 Å². The van der Waals surface area contributed by atoms with E-state index in [1.54, 1.807) is 0 Å². The summed E-state index contributed by atoms with van der Waals surface area (Å²) < 4.78 is 4.93. The van der Waals surface area contributed by atoms with E-state index >= 15 is 0 Å². The summed E-state index contributed by atoms with van der Waals surface area (Å²) in [6.07, 6.45) is 0. The van der Waals surface area contributed by atoms with E-state index in [1.807, 2.05) is 38.1 Å². The second-order valence-corrected chi connectivity index (χ2v) is 5.66. The molecule has 17 heavy (non-hydrogen) atoms. The molecule has 0 atom stereocenters. The third kappa shape index (κ3) is 3.38. The lowest BCUT2D eigenvalue weighted by atomic mass is 10.1. The number of rotatable bonds is 4. The summed E-state index contributed by atoms with van der Waals surface area (Å²) in [5.74, 6) is 1.31. The van der Waals surface area contributed by atoms with Crippen LogP contribution in [0.3, 0.4) is 0 Å². The molecule has 0 saturated heterocycles. The third-order valence-electron chi connectivity index (χ3n) is 2.18. The van der Waals surface area contributed by atoms with Gasteiger partial charge in [-0.25, -0.2) is 4.98 Å². The summed E-state index contributed by atoms with van der Waals surface area (Å²) in [5.41, 5.74) is 1.87. The van der Waals surface area contributed by atoms with Crippen molar-refractivity contribution in [2.45, 2.75) is 18.2 Å². The first-order chi connectivity index (χ1) is 8.15. The van der Waals surface area contributed by atoms with Crippen LogP contribution in [0.5, 0.6) is 0 Å². The Balaban J connectivity index is 1.98. The van der Waals surface area contributed by atoms with Gasteiger partial charge in [-0.15, -0.1) is 0 Å². The average Bonchev–Trinajstić information content (AvgIpc) is 2.72. The molecule has 0 aliphatic carbocycles. The lowest BCUT2D eigenvalue weighted by Gasteiger charge is -2.00. The van der Waals surface area contributed by atoms with Gasteiger partial charge in [-0.2, -0.15) is 4.37 Å². The van der Waals surface area contributed by atoms with Crippen molar-refractivity contribution in [1.29, 1.82) is 0 Å². The number of Topliss-reactive ketones (excluding diaryl/α,β-unsaturated/α-hetero) is 1. The lowest BCUT2D eigenvalue weighted by molar-refractivity contribution is 0.102. The molecule has 0 aliphatic rings. The molecule has 0 spiro atoms. The van der Waals surface area contributed by atoms with Gasteiger partial charge in [0.15, 0.2) is 10.1 Å². The predicted molar refractivity (Wildman–Crippen MR) is 70.9 cm³/mol. The van der Waals surface area contributed by atoms with E-state index in [2.05, 4.69) is 9.36 Å². The van der Waals surface area contributed by atoms with Gasteiger partial charge >= 0.3 is 0 Å². The molecule has 1 aromatic carbocycles. The van der Waals surface area contributed by atoms with Crippen molar-refractivity contribution in [1.82, 2.24) is 9.36 Å². The molecule has 2 aromatic rings. The molecule has 1 heterocycles. The van der Waals surface area contributed by atoms with Gasteiger partial charge in [0, 0.05) is 5.56 Å². The quantitative estimate of drug-likeness (QED) is 0.628. The Morgan fingerprint density at radius 2 is 2.24 bits per heavy atom. The number of ketones is 1. The number of benzene rings is 1. The Morgan fingerprint density at radius 3 is 2.88 bits per heavy atom. The van der Waals surface area contributed by atoms with Gasteiger partial charge in [-0.1, -0.05) is 35.5 Å². The smallest absolute Gasteiger partial charge is 0.173 e. The number of thioether (sulfide) groups is 1. The van der Waals surface area contributed by atoms with Crippen LogP contribution in [0.2, 0.25) is 0 Å². The highest BCUT2D eigenvalue weighted by molar-refractivity contribution is 8.01. The fourth-order valence-electron chi connectivity index (χ4n) is 1.37. The number of hydrogen-bond donors (Lipinski definition) is 0. The molecule has 3 nitrogen and oxygen atoms in total. The molecule has 0 saturated carbocycles. The first-order valence-corrected chi connectivity index (χ1v) is 6.94. The highest BCUT2D eigenvalue weighted by Gasteiger charge is 2.08. The molecule has 0 aliphatic heterocycles. The molecular formula is C12H12N2OS2. The van der Waals surface area contributed by atoms with Crippen molar-refractivity contribution in [2.75, 3.05) is 5.75 Å². The second kappa shape index (κ2) is 5.42. The van der Waals surface area contributed by atoms with E-state index < -0.39 is 0 Å². The van der Waals surface area contributed by atoms with E-state index in [4.69, 9.17) is 0 Å². The zero-order valence-corrected chi connectivity index (χ0v) is 11.3. The summed E-state index contributed by atoms with van der Waals surface area (Å²) in [6.45, 7) is 3.83. The van der Waals surface area contributed by atoms with Gasteiger partial charge < -0.3 is 0 Å². The standard InChI is InChI=1S/C12H12N2OS2/c1-8-4-3-5-10(6-8)11(15)7-16-12-13-9(2)14-17-12/h3-6H,7H2,1-2H3. The first-order valence-electron chi connectivity index (χ1n) is 5.18. The van der Waals surface area contributed by atoms with Crippen LogP contribution in [0.15, 0.2) is 28.6 Å². The average molecular weight is 264 g/mol. The predicted octanol–water partition coefficient (Wildman–Crippen LogP) is 3.13. The molecule has 0 bridgehead atoms. The van der Waals surface area contributed by atoms with Gasteiger partial charge in [-0.05, 0) is 31.4 Å². The Labute approximate surface area is 108 Å². The monoisotopic (exact) mass is 264 g/mol. The number of carbonyl (C=O) groups is 1. The number of nitrogens with zero attached hydrogens (tertiary/aromatic N) is 2. The van der Waals surface area contributed by atoms with E-state index in [-0.39, 0.29) is 5.78 Å². The van der Waals surface area contributed by atoms with E-state index in [1.165, 1.54) is 23.3 Å². The first kappa shape index (κ1) is 12.3. The number of aryl methyl sites for hydroxylation is 2. The van der Waals surface area contributed by atoms with E-state index in [0.717, 1.165) is 21.3 Å². The van der Waals surface area contributed by atoms with Crippen LogP contribution in [0.25, 0.3) is 0 Å². The molecule has 0 N–H and O–H groups in total. The Bertz CT molecular complexity index is 537. The van der Waals surface area contributed by atoms with E-state index in [0.29, 0.717) is 5.75 Å². The van der Waals surface area contributed by atoms with Crippen molar-refractivity contribution in [2.24, 2.45) is 0 Å². The highest BCUT2D eigenvalue weighted by atomic mass is 32.2. The van der Waals surface area contributed by atoms with Crippen LogP contribution in [0, 0.1) is 13.8 Å². The van der Waals surface area contributed by atoms with Gasteiger partial charge in [0.05, 0.1) is 5.75 Å². The third-order valence-corrected chi connectivity index (χ3v) is 4.10. The maximum absolute atomic E-state index is 11.9. The summed E-state index contributed by atoms with van der Waals surface area (Å²) in [7, 11) is 0. The molecule has 1 aromatic heterocycles. The Hall–Kier alpha value is -1.20. The second-order valence-electron chi connectivity index (χ2n) is 3.69. The summed E-state index contributed by atoms with van der Waals surface area (Å²) >= 11 is 2.78. The minimum absolute atomic E-state index is 0.131. The van der Waals surface area contributed by atoms with Crippen molar-refractivity contribution >= 4 is 29.1 Å².